The molecule has 0 saturated heterocycles. The summed E-state index contributed by atoms with van der Waals surface area (Å²) in [4.78, 5) is 10.7. The highest BCUT2D eigenvalue weighted by atomic mass is 35.5. The van der Waals surface area contributed by atoms with Crippen molar-refractivity contribution in [3.8, 4) is 0 Å². The zero-order valence-corrected chi connectivity index (χ0v) is 12.8. The molecule has 0 heterocycles. The van der Waals surface area contributed by atoms with Crippen LogP contribution in [-0.2, 0) is 10.0 Å². The Kier molecular flexibility index (Phi) is 5.33. The maximum atomic E-state index is 12.6. The normalized spacial score (nSPS) is 11.8. The summed E-state index contributed by atoms with van der Waals surface area (Å²) >= 11 is 5.91. The molecule has 1 rings (SSSR count). The molecule has 0 spiro atoms. The van der Waals surface area contributed by atoms with Crippen LogP contribution in [0, 0.1) is 0 Å². The number of halogens is 1. The molecule has 0 atom stereocenters. The van der Waals surface area contributed by atoms with E-state index in [0.29, 0.717) is 0 Å². The predicted molar refractivity (Wildman–Crippen MR) is 77.6 cm³/mol. The van der Waals surface area contributed by atoms with E-state index in [2.05, 4.69) is 6.58 Å². The topological polar surface area (TPSA) is 74.7 Å². The molecular weight excluding hydrogens is 302 g/mol. The number of aromatic carboxylic acids is 1. The van der Waals surface area contributed by atoms with Crippen molar-refractivity contribution in [3.05, 3.63) is 41.4 Å². The lowest BCUT2D eigenvalue weighted by molar-refractivity contribution is 0.0696. The second kappa shape index (κ2) is 6.39. The van der Waals surface area contributed by atoms with Gasteiger partial charge < -0.3 is 5.11 Å². The number of hydrogen-bond acceptors (Lipinski definition) is 3. The van der Waals surface area contributed by atoms with Gasteiger partial charge in [-0.1, -0.05) is 17.7 Å². The van der Waals surface area contributed by atoms with Crippen molar-refractivity contribution in [2.45, 2.75) is 24.8 Å². The molecule has 0 radical (unpaired) electrons. The van der Waals surface area contributed by atoms with E-state index in [-0.39, 0.29) is 28.1 Å². The van der Waals surface area contributed by atoms with Crippen molar-refractivity contribution in [2.24, 2.45) is 0 Å². The van der Waals surface area contributed by atoms with E-state index in [4.69, 9.17) is 16.7 Å². The van der Waals surface area contributed by atoms with Crippen LogP contribution in [0.25, 0.3) is 0 Å². The van der Waals surface area contributed by atoms with Crippen molar-refractivity contribution >= 4 is 27.6 Å². The molecule has 20 heavy (non-hydrogen) atoms. The average Bonchev–Trinajstić information content (AvgIpc) is 2.35. The first-order chi connectivity index (χ1) is 9.21. The van der Waals surface area contributed by atoms with Crippen molar-refractivity contribution < 1.29 is 18.3 Å². The highest BCUT2D eigenvalue weighted by Gasteiger charge is 2.28. The smallest absolute Gasteiger partial charge is 0.335 e. The van der Waals surface area contributed by atoms with Gasteiger partial charge in [-0.2, -0.15) is 4.31 Å². The minimum Gasteiger partial charge on any atom is -0.478 e. The molecule has 1 aromatic rings. The second-order valence-corrected chi connectivity index (χ2v) is 6.67. The molecule has 5 nitrogen and oxygen atoms in total. The largest absolute Gasteiger partial charge is 0.478 e. The Morgan fingerprint density at radius 3 is 2.55 bits per heavy atom. The Labute approximate surface area is 123 Å². The molecular formula is C13H16ClNO4S. The maximum Gasteiger partial charge on any atom is 0.335 e. The highest BCUT2D eigenvalue weighted by molar-refractivity contribution is 7.89. The first kappa shape index (κ1) is 16.7. The van der Waals surface area contributed by atoms with Crippen LogP contribution in [0.3, 0.4) is 0 Å². The number of carboxylic acid groups (broad SMARTS) is 1. The van der Waals surface area contributed by atoms with Gasteiger partial charge in [-0.15, -0.1) is 6.58 Å². The molecule has 0 saturated carbocycles. The molecule has 0 unspecified atom stereocenters. The minimum atomic E-state index is -3.88. The van der Waals surface area contributed by atoms with Crippen LogP contribution in [0.5, 0.6) is 0 Å². The van der Waals surface area contributed by atoms with Crippen LogP contribution in [0.2, 0.25) is 5.02 Å². The fourth-order valence-electron chi connectivity index (χ4n) is 1.67. The summed E-state index contributed by atoms with van der Waals surface area (Å²) in [7, 11) is -3.88. The molecule has 0 aromatic heterocycles. The SMILES string of the molecule is C=CCN(C(C)C)S(=O)(=O)c1cc(C(=O)O)ccc1Cl. The Balaban J connectivity index is 3.43. The number of benzene rings is 1. The minimum absolute atomic E-state index is 0.00953. The summed E-state index contributed by atoms with van der Waals surface area (Å²) in [6.07, 6.45) is 1.46. The van der Waals surface area contributed by atoms with E-state index in [1.54, 1.807) is 13.8 Å². The van der Waals surface area contributed by atoms with E-state index < -0.39 is 16.0 Å². The molecule has 7 heteroatoms. The molecule has 1 N–H and O–H groups in total. The van der Waals surface area contributed by atoms with Gasteiger partial charge in [-0.25, -0.2) is 13.2 Å². The second-order valence-electron chi connectivity index (χ2n) is 4.41. The van der Waals surface area contributed by atoms with Crippen LogP contribution in [0.1, 0.15) is 24.2 Å². The third-order valence-corrected chi connectivity index (χ3v) is 5.17. The van der Waals surface area contributed by atoms with Crippen LogP contribution in [-0.4, -0.2) is 36.4 Å². The summed E-state index contributed by atoms with van der Waals surface area (Å²) in [6.45, 7) is 7.08. The zero-order valence-electron chi connectivity index (χ0n) is 11.2. The molecule has 0 amide bonds. The van der Waals surface area contributed by atoms with Crippen molar-refractivity contribution in [2.75, 3.05) is 6.54 Å². The Morgan fingerprint density at radius 1 is 1.50 bits per heavy atom. The number of carbonyl (C=O) groups is 1. The van der Waals surface area contributed by atoms with Gasteiger partial charge in [0.1, 0.15) is 4.90 Å². The third-order valence-electron chi connectivity index (χ3n) is 2.65. The van der Waals surface area contributed by atoms with Gasteiger partial charge in [-0.05, 0) is 32.0 Å². The fraction of sp³-hybridized carbons (Fsp3) is 0.308. The van der Waals surface area contributed by atoms with Gasteiger partial charge in [0.15, 0.2) is 0 Å². The lowest BCUT2D eigenvalue weighted by Gasteiger charge is -2.25. The number of carboxylic acids is 1. The third kappa shape index (κ3) is 3.39. The number of hydrogen-bond donors (Lipinski definition) is 1. The Hall–Kier alpha value is -1.37. The van der Waals surface area contributed by atoms with Crippen LogP contribution < -0.4 is 0 Å². The highest BCUT2D eigenvalue weighted by Crippen LogP contribution is 2.27. The van der Waals surface area contributed by atoms with E-state index >= 15 is 0 Å². The molecule has 0 aliphatic heterocycles. The Bertz CT molecular complexity index is 625. The lowest BCUT2D eigenvalue weighted by Crippen LogP contribution is -2.37. The molecule has 110 valence electrons. The molecule has 0 aliphatic carbocycles. The number of nitrogens with zero attached hydrogens (tertiary/aromatic N) is 1. The van der Waals surface area contributed by atoms with Crippen molar-refractivity contribution in [3.63, 3.8) is 0 Å². The molecule has 0 aliphatic rings. The Morgan fingerprint density at radius 2 is 2.10 bits per heavy atom. The summed E-state index contributed by atoms with van der Waals surface area (Å²) in [5, 5.41) is 8.94. The van der Waals surface area contributed by atoms with E-state index in [0.717, 1.165) is 6.07 Å². The van der Waals surface area contributed by atoms with E-state index in [1.165, 1.54) is 22.5 Å². The van der Waals surface area contributed by atoms with Gasteiger partial charge in [0.25, 0.3) is 0 Å². The van der Waals surface area contributed by atoms with Crippen LogP contribution >= 0.6 is 11.6 Å². The first-order valence-corrected chi connectivity index (χ1v) is 7.69. The van der Waals surface area contributed by atoms with Gasteiger partial charge in [0.2, 0.25) is 10.0 Å². The van der Waals surface area contributed by atoms with E-state index in [9.17, 15) is 13.2 Å². The van der Waals surface area contributed by atoms with E-state index in [1.807, 2.05) is 0 Å². The molecule has 0 bridgehead atoms. The first-order valence-electron chi connectivity index (χ1n) is 5.87. The van der Waals surface area contributed by atoms with Crippen LogP contribution in [0.4, 0.5) is 0 Å². The summed E-state index contributed by atoms with van der Waals surface area (Å²) in [6, 6.07) is 3.29. The standard InChI is InChI=1S/C13H16ClNO4S/c1-4-7-15(9(2)3)20(18,19)12-8-10(13(16)17)5-6-11(12)14/h4-6,8-9H,1,7H2,2-3H3,(H,16,17). The van der Waals surface area contributed by atoms with Crippen molar-refractivity contribution in [1.82, 2.24) is 4.31 Å². The van der Waals surface area contributed by atoms with Crippen LogP contribution in [0.15, 0.2) is 35.7 Å². The molecule has 0 fully saturated rings. The van der Waals surface area contributed by atoms with Gasteiger partial charge >= 0.3 is 5.97 Å². The number of rotatable bonds is 6. The van der Waals surface area contributed by atoms with Gasteiger partial charge in [0.05, 0.1) is 10.6 Å². The van der Waals surface area contributed by atoms with Gasteiger partial charge in [0, 0.05) is 12.6 Å². The predicted octanol–water partition coefficient (Wildman–Crippen LogP) is 2.62. The summed E-state index contributed by atoms with van der Waals surface area (Å²) in [5.41, 5.74) is -0.129. The zero-order chi connectivity index (χ0) is 15.5. The van der Waals surface area contributed by atoms with Crippen molar-refractivity contribution in [1.29, 1.82) is 0 Å². The fourth-order valence-corrected chi connectivity index (χ4v) is 3.78. The van der Waals surface area contributed by atoms with Gasteiger partial charge in [-0.3, -0.25) is 0 Å². The lowest BCUT2D eigenvalue weighted by atomic mass is 10.2. The summed E-state index contributed by atoms with van der Waals surface area (Å²) in [5.74, 6) is -1.21. The monoisotopic (exact) mass is 317 g/mol. The number of sulfonamides is 1. The maximum absolute atomic E-state index is 12.6. The quantitative estimate of drug-likeness (QED) is 0.818. The molecule has 1 aromatic carbocycles. The summed E-state index contributed by atoms with van der Waals surface area (Å²) < 4.78 is 26.3. The average molecular weight is 318 g/mol.